The van der Waals surface area contributed by atoms with Crippen molar-refractivity contribution < 1.29 is 0 Å². The fourth-order valence-corrected chi connectivity index (χ4v) is 7.43. The molecule has 207 valence electrons. The number of benzene rings is 4. The molecular formula is C35H24AlN8. The Labute approximate surface area is 258 Å². The Bertz CT molecular complexity index is 2310. The van der Waals surface area contributed by atoms with E-state index in [2.05, 4.69) is 83.0 Å². The van der Waals surface area contributed by atoms with Gasteiger partial charge in [0.1, 0.15) is 22.6 Å². The molecule has 0 amide bonds. The van der Waals surface area contributed by atoms with Gasteiger partial charge in [-0.1, -0.05) is 116 Å². The number of fused-ring (bicyclic) bond motifs is 20. The molecule has 8 bridgehead atoms. The van der Waals surface area contributed by atoms with Gasteiger partial charge < -0.3 is 8.53 Å². The first kappa shape index (κ1) is 25.3. The number of hydrogen-bond acceptors (Lipinski definition) is 6. The van der Waals surface area contributed by atoms with E-state index in [4.69, 9.17) is 29.9 Å². The van der Waals surface area contributed by atoms with Crippen molar-refractivity contribution in [3.63, 3.8) is 0 Å². The number of H-pyrrole nitrogens is 1. The van der Waals surface area contributed by atoms with E-state index >= 15 is 0 Å². The summed E-state index contributed by atoms with van der Waals surface area (Å²) in [6, 6.07) is 32.8. The Morgan fingerprint density at radius 3 is 1.25 bits per heavy atom. The molecule has 2 aliphatic heterocycles. The molecule has 0 atom stereocenters. The molecule has 4 aromatic carbocycles. The number of rotatable bonds is 2. The molecule has 44 heavy (non-hydrogen) atoms. The van der Waals surface area contributed by atoms with Gasteiger partial charge in [-0.15, -0.1) is 0 Å². The third-order valence-electron chi connectivity index (χ3n) is 8.09. The summed E-state index contributed by atoms with van der Waals surface area (Å²) < 4.78 is 2.73. The van der Waals surface area contributed by atoms with Crippen molar-refractivity contribution in [3.05, 3.63) is 97.1 Å². The molecule has 8 nitrogen and oxygen atoms in total. The molecule has 7 aromatic rings. The lowest BCUT2D eigenvalue weighted by molar-refractivity contribution is 1.02. The number of nitrogens with one attached hydrogen (secondary N) is 1. The first-order valence-corrected chi connectivity index (χ1v) is 15.9. The molecule has 0 fully saturated rings. The lowest BCUT2D eigenvalue weighted by Gasteiger charge is -2.07. The van der Waals surface area contributed by atoms with Crippen LogP contribution in [0.3, 0.4) is 0 Å². The van der Waals surface area contributed by atoms with Gasteiger partial charge >= 0.3 is 15.4 Å². The second kappa shape index (κ2) is 9.64. The maximum atomic E-state index is 5.31. The van der Waals surface area contributed by atoms with Crippen molar-refractivity contribution in [2.45, 2.75) is 18.6 Å². The molecule has 9 heteroatoms. The molecule has 9 rings (SSSR count). The quantitative estimate of drug-likeness (QED) is 0.210. The lowest BCUT2D eigenvalue weighted by Crippen LogP contribution is -2.10. The van der Waals surface area contributed by atoms with E-state index in [0.717, 1.165) is 55.1 Å². The molecule has 0 unspecified atom stereocenters. The molecule has 1 radical (unpaired) electrons. The van der Waals surface area contributed by atoms with Gasteiger partial charge in [0.2, 0.25) is 0 Å². The summed E-state index contributed by atoms with van der Waals surface area (Å²) in [6.45, 7) is 4.49. The van der Waals surface area contributed by atoms with Crippen molar-refractivity contribution in [2.24, 2.45) is 0 Å². The highest BCUT2D eigenvalue weighted by molar-refractivity contribution is 6.40. The molecule has 3 aromatic heterocycles. The zero-order valence-electron chi connectivity index (χ0n) is 24.0. The number of nitrogens with zero attached hydrogens (tertiary/aromatic N) is 7. The van der Waals surface area contributed by atoms with Crippen molar-refractivity contribution >= 4 is 59.6 Å². The summed E-state index contributed by atoms with van der Waals surface area (Å²) in [7, 11) is 0. The molecule has 0 aliphatic carbocycles. The average molecular weight is 584 g/mol. The van der Waals surface area contributed by atoms with Crippen molar-refractivity contribution in [1.29, 1.82) is 0 Å². The molecule has 0 spiro atoms. The van der Waals surface area contributed by atoms with Crippen LogP contribution in [-0.4, -0.2) is 53.9 Å². The van der Waals surface area contributed by atoms with Gasteiger partial charge in [0, 0.05) is 43.8 Å². The summed E-state index contributed by atoms with van der Waals surface area (Å²) in [5.74, 6) is 2.52. The van der Waals surface area contributed by atoms with E-state index in [1.807, 2.05) is 36.4 Å². The van der Waals surface area contributed by atoms with E-state index in [0.29, 0.717) is 39.4 Å². The second-order valence-corrected chi connectivity index (χ2v) is 13.5. The number of aromatic amines is 1. The van der Waals surface area contributed by atoms with Gasteiger partial charge in [-0.3, -0.25) is 0 Å². The summed E-state index contributed by atoms with van der Waals surface area (Å²) in [4.78, 5) is 34.4. The maximum Gasteiger partial charge on any atom is 0.385 e. The highest BCUT2D eigenvalue weighted by Crippen LogP contribution is 2.37. The summed E-state index contributed by atoms with van der Waals surface area (Å²) in [6.07, 6.45) is 0. The van der Waals surface area contributed by atoms with Gasteiger partial charge in [0.25, 0.3) is 0 Å². The first-order chi connectivity index (χ1) is 21.6. The maximum absolute atomic E-state index is 5.31. The number of hydrogen-bond donors (Lipinski definition) is 1. The van der Waals surface area contributed by atoms with Gasteiger partial charge in [0.15, 0.2) is 23.3 Å². The van der Waals surface area contributed by atoms with Crippen LogP contribution in [0.1, 0.15) is 13.8 Å². The zero-order valence-corrected chi connectivity index (χ0v) is 25.2. The van der Waals surface area contributed by atoms with Gasteiger partial charge in [-0.25, -0.2) is 29.9 Å². The van der Waals surface area contributed by atoms with Crippen LogP contribution in [0, 0.1) is 0 Å². The normalized spacial score (nSPS) is 12.1. The monoisotopic (exact) mass is 583 g/mol. The predicted molar refractivity (Wildman–Crippen MR) is 176 cm³/mol. The molecule has 1 N–H and O–H groups in total. The fourth-order valence-electron chi connectivity index (χ4n) is 6.16. The SMILES string of the molecule is C[CH](C)[Al][n]1c2nc3nc(nc4[nH]c(nc5nc(nc1c1ccccc12)-c1ccccc1-5)c1ccccc41)-c1ccccc1-3. The minimum atomic E-state index is -0.220. The van der Waals surface area contributed by atoms with E-state index in [1.54, 1.807) is 0 Å². The number of aromatic nitrogens is 8. The van der Waals surface area contributed by atoms with Crippen LogP contribution in [0.15, 0.2) is 97.1 Å². The molecule has 5 heterocycles. The first-order valence-electron chi connectivity index (χ1n) is 14.7. The van der Waals surface area contributed by atoms with Crippen LogP contribution >= 0.6 is 0 Å². The Morgan fingerprint density at radius 2 is 0.841 bits per heavy atom. The minimum absolute atomic E-state index is 0.220. The van der Waals surface area contributed by atoms with Gasteiger partial charge in [0.05, 0.1) is 0 Å². The highest BCUT2D eigenvalue weighted by atomic mass is 27.1. The third-order valence-corrected chi connectivity index (χ3v) is 9.47. The van der Waals surface area contributed by atoms with Crippen LogP contribution in [-0.2, 0) is 0 Å². The topological polar surface area (TPSA) is 98.1 Å². The molecule has 0 saturated carbocycles. The van der Waals surface area contributed by atoms with Crippen molar-refractivity contribution in [3.8, 4) is 45.6 Å². The zero-order chi connectivity index (χ0) is 29.4. The van der Waals surface area contributed by atoms with E-state index in [1.165, 1.54) is 0 Å². The highest BCUT2D eigenvalue weighted by Gasteiger charge is 2.23. The Kier molecular flexibility index (Phi) is 5.54. The molecular weight excluding hydrogens is 559 g/mol. The summed E-state index contributed by atoms with van der Waals surface area (Å²) in [5, 5.41) is 4.00. The van der Waals surface area contributed by atoms with Gasteiger partial charge in [-0.05, 0) is 0 Å². The van der Waals surface area contributed by atoms with E-state index < -0.39 is 0 Å². The molecule has 2 aliphatic rings. The Hall–Kier alpha value is -5.23. The predicted octanol–water partition coefficient (Wildman–Crippen LogP) is 7.64. The van der Waals surface area contributed by atoms with Crippen LogP contribution in [0.2, 0.25) is 4.78 Å². The largest absolute Gasteiger partial charge is 0.412 e. The van der Waals surface area contributed by atoms with Crippen LogP contribution < -0.4 is 0 Å². The van der Waals surface area contributed by atoms with E-state index in [-0.39, 0.29) is 15.4 Å². The van der Waals surface area contributed by atoms with Gasteiger partial charge in [-0.2, -0.15) is 0 Å². The Balaban J connectivity index is 1.53. The van der Waals surface area contributed by atoms with E-state index in [9.17, 15) is 0 Å². The minimum Gasteiger partial charge on any atom is -0.412 e. The summed E-state index contributed by atoms with van der Waals surface area (Å²) >= 11 is -0.220. The van der Waals surface area contributed by atoms with Crippen molar-refractivity contribution in [1.82, 2.24) is 38.4 Å². The van der Waals surface area contributed by atoms with Crippen LogP contribution in [0.5, 0.6) is 0 Å². The fraction of sp³-hybridized carbons (Fsp3) is 0.0857. The average Bonchev–Trinajstić information content (AvgIpc) is 3.76. The summed E-state index contributed by atoms with van der Waals surface area (Å²) in [5.41, 5.74) is 6.92. The second-order valence-electron chi connectivity index (χ2n) is 11.4. The third kappa shape index (κ3) is 3.83. The molecule has 0 saturated heterocycles. The van der Waals surface area contributed by atoms with Crippen LogP contribution in [0.25, 0.3) is 89.7 Å². The van der Waals surface area contributed by atoms with Crippen LogP contribution in [0.4, 0.5) is 0 Å². The standard InChI is InChI=1S/C32H17N8.C3H7.Al/c1-2-10-18-17(9-1)25-33-26(18)38-28-21-13-5-6-14-22(21)30(35-28)40-32-24-16-8-7-15-23(24)31(36-32)39-29-20-12-4-3-11-19(20)27(34-29)37-25;1-3-2;/h1-16H,(H-,33,34,35,36,37,38,39,40);3H,1-2H3;/q-1;;+1. The Morgan fingerprint density at radius 1 is 0.477 bits per heavy atom. The van der Waals surface area contributed by atoms with Crippen molar-refractivity contribution in [2.75, 3.05) is 0 Å². The smallest absolute Gasteiger partial charge is 0.385 e. The lowest BCUT2D eigenvalue weighted by atomic mass is 10.1.